The fraction of sp³-hybridized carbons (Fsp3) is 0.0714. The molecule has 0 bridgehead atoms. The second-order valence-corrected chi connectivity index (χ2v) is 4.38. The number of halogens is 1. The molecular weight excluding hydrogens is 278 g/mol. The van der Waals surface area contributed by atoms with Gasteiger partial charge in [0, 0.05) is 11.2 Å². The van der Waals surface area contributed by atoms with E-state index < -0.39 is 0 Å². The number of aromatic nitrogens is 1. The molecule has 5 nitrogen and oxygen atoms in total. The van der Waals surface area contributed by atoms with Crippen molar-refractivity contribution in [1.29, 1.82) is 0 Å². The number of amides is 1. The predicted molar refractivity (Wildman–Crippen MR) is 76.7 cm³/mol. The van der Waals surface area contributed by atoms with Crippen molar-refractivity contribution >= 4 is 23.7 Å². The Balaban J connectivity index is 1.95. The Morgan fingerprint density at radius 3 is 2.65 bits per heavy atom. The maximum absolute atomic E-state index is 11.7. The third-order valence-electron chi connectivity index (χ3n) is 2.50. The number of carbonyl (C=O) groups is 1. The van der Waals surface area contributed by atoms with Crippen LogP contribution in [-0.2, 0) is 6.61 Å². The molecule has 0 saturated carbocycles. The molecule has 6 heteroatoms. The molecule has 0 radical (unpaired) electrons. The van der Waals surface area contributed by atoms with E-state index in [1.54, 1.807) is 36.4 Å². The van der Waals surface area contributed by atoms with Crippen LogP contribution in [0.4, 0.5) is 0 Å². The summed E-state index contributed by atoms with van der Waals surface area (Å²) < 4.78 is 0. The Bertz CT molecular complexity index is 609. The average Bonchev–Trinajstić information content (AvgIpc) is 2.49. The molecule has 1 amide bonds. The maximum Gasteiger partial charge on any atom is 0.272 e. The van der Waals surface area contributed by atoms with Crippen molar-refractivity contribution in [1.82, 2.24) is 10.4 Å². The van der Waals surface area contributed by atoms with Crippen LogP contribution in [0.2, 0.25) is 5.02 Å². The van der Waals surface area contributed by atoms with Gasteiger partial charge in [-0.05, 0) is 29.8 Å². The number of hydrogen-bond donors (Lipinski definition) is 2. The minimum absolute atomic E-state index is 0.156. The highest BCUT2D eigenvalue weighted by Gasteiger charge is 2.04. The average molecular weight is 290 g/mol. The molecule has 1 aromatic heterocycles. The van der Waals surface area contributed by atoms with Crippen LogP contribution in [0, 0.1) is 0 Å². The summed E-state index contributed by atoms with van der Waals surface area (Å²) in [5.41, 5.74) is 4.09. The molecule has 0 aliphatic carbocycles. The van der Waals surface area contributed by atoms with Gasteiger partial charge in [-0.15, -0.1) is 0 Å². The van der Waals surface area contributed by atoms with Crippen LogP contribution < -0.4 is 5.43 Å². The van der Waals surface area contributed by atoms with Crippen LogP contribution in [0.1, 0.15) is 21.6 Å². The Hall–Kier alpha value is -2.24. The summed E-state index contributed by atoms with van der Waals surface area (Å²) >= 11 is 5.76. The number of aliphatic hydroxyl groups is 1. The highest BCUT2D eigenvalue weighted by molar-refractivity contribution is 6.30. The van der Waals surface area contributed by atoms with Gasteiger partial charge >= 0.3 is 0 Å². The lowest BCUT2D eigenvalue weighted by molar-refractivity contribution is 0.0954. The minimum atomic E-state index is -0.368. The first-order valence-corrected chi connectivity index (χ1v) is 6.21. The molecule has 2 aromatic rings. The normalized spacial score (nSPS) is 10.7. The van der Waals surface area contributed by atoms with Gasteiger partial charge in [-0.2, -0.15) is 5.10 Å². The standard InChI is InChI=1S/C14H12ClN3O2/c15-12-4-1-10(2-5-12)7-17-18-14(20)11-3-6-13(9-19)16-8-11/h1-8,19H,9H2,(H,18,20)/b17-7-. The largest absolute Gasteiger partial charge is 0.390 e. The fourth-order valence-corrected chi connectivity index (χ4v) is 1.56. The predicted octanol–water partition coefficient (Wildman–Crippen LogP) is 1.99. The van der Waals surface area contributed by atoms with Gasteiger partial charge in [0.15, 0.2) is 0 Å². The second kappa shape index (κ2) is 6.79. The lowest BCUT2D eigenvalue weighted by Crippen LogP contribution is -2.17. The molecule has 2 N–H and O–H groups in total. The molecule has 0 saturated heterocycles. The van der Waals surface area contributed by atoms with Crippen LogP contribution in [-0.4, -0.2) is 22.2 Å². The molecule has 0 aliphatic heterocycles. The van der Waals surface area contributed by atoms with E-state index in [2.05, 4.69) is 15.5 Å². The second-order valence-electron chi connectivity index (χ2n) is 3.95. The molecule has 1 heterocycles. The van der Waals surface area contributed by atoms with Gasteiger partial charge in [0.05, 0.1) is 24.1 Å². The monoisotopic (exact) mass is 289 g/mol. The van der Waals surface area contributed by atoms with E-state index in [0.29, 0.717) is 16.3 Å². The number of hydrazone groups is 1. The molecule has 0 spiro atoms. The lowest BCUT2D eigenvalue weighted by Gasteiger charge is -2.00. The molecule has 2 rings (SSSR count). The topological polar surface area (TPSA) is 74.6 Å². The first kappa shape index (κ1) is 14.2. The number of benzene rings is 1. The molecule has 0 fully saturated rings. The molecule has 0 aliphatic rings. The molecule has 1 aromatic carbocycles. The summed E-state index contributed by atoms with van der Waals surface area (Å²) in [5, 5.41) is 13.3. The first-order chi connectivity index (χ1) is 9.69. The van der Waals surface area contributed by atoms with Crippen molar-refractivity contribution in [3.8, 4) is 0 Å². The van der Waals surface area contributed by atoms with Gasteiger partial charge in [0.25, 0.3) is 5.91 Å². The van der Waals surface area contributed by atoms with Crippen LogP contribution in [0.25, 0.3) is 0 Å². The highest BCUT2D eigenvalue weighted by Crippen LogP contribution is 2.07. The van der Waals surface area contributed by atoms with Crippen LogP contribution in [0.3, 0.4) is 0 Å². The van der Waals surface area contributed by atoms with Gasteiger partial charge in [-0.25, -0.2) is 5.43 Å². The molecule has 20 heavy (non-hydrogen) atoms. The van der Waals surface area contributed by atoms with Crippen molar-refractivity contribution in [2.24, 2.45) is 5.10 Å². The van der Waals surface area contributed by atoms with E-state index in [1.807, 2.05) is 0 Å². The van der Waals surface area contributed by atoms with Gasteiger partial charge < -0.3 is 5.11 Å². The van der Waals surface area contributed by atoms with E-state index >= 15 is 0 Å². The van der Waals surface area contributed by atoms with Crippen molar-refractivity contribution in [3.05, 3.63) is 64.4 Å². The van der Waals surface area contributed by atoms with Gasteiger partial charge in [-0.3, -0.25) is 9.78 Å². The highest BCUT2D eigenvalue weighted by atomic mass is 35.5. The number of nitrogens with one attached hydrogen (secondary N) is 1. The Morgan fingerprint density at radius 2 is 2.05 bits per heavy atom. The number of aliphatic hydroxyl groups excluding tert-OH is 1. The molecular formula is C14H12ClN3O2. The zero-order valence-corrected chi connectivity index (χ0v) is 11.2. The quantitative estimate of drug-likeness (QED) is 0.668. The van der Waals surface area contributed by atoms with Gasteiger partial charge in [0.1, 0.15) is 0 Å². The minimum Gasteiger partial charge on any atom is -0.390 e. The number of nitrogens with zero attached hydrogens (tertiary/aromatic N) is 2. The molecule has 0 unspecified atom stereocenters. The number of carbonyl (C=O) groups excluding carboxylic acids is 1. The van der Waals surface area contributed by atoms with E-state index in [1.165, 1.54) is 12.4 Å². The van der Waals surface area contributed by atoms with E-state index in [9.17, 15) is 4.79 Å². The summed E-state index contributed by atoms with van der Waals surface area (Å²) in [6.07, 6.45) is 2.91. The third kappa shape index (κ3) is 3.88. The Kier molecular flexibility index (Phi) is 4.81. The lowest BCUT2D eigenvalue weighted by atomic mass is 10.2. The van der Waals surface area contributed by atoms with Crippen molar-refractivity contribution in [2.75, 3.05) is 0 Å². The molecule has 102 valence electrons. The maximum atomic E-state index is 11.7. The van der Waals surface area contributed by atoms with Crippen LogP contribution in [0.15, 0.2) is 47.7 Å². The van der Waals surface area contributed by atoms with Crippen LogP contribution in [0.5, 0.6) is 0 Å². The van der Waals surface area contributed by atoms with E-state index in [-0.39, 0.29) is 12.5 Å². The number of hydrogen-bond acceptors (Lipinski definition) is 4. The zero-order chi connectivity index (χ0) is 14.4. The van der Waals surface area contributed by atoms with Crippen molar-refractivity contribution in [3.63, 3.8) is 0 Å². The summed E-state index contributed by atoms with van der Waals surface area (Å²) in [4.78, 5) is 15.7. The number of rotatable bonds is 4. The SMILES string of the molecule is O=C(N/N=C\c1ccc(Cl)cc1)c1ccc(CO)nc1. The van der Waals surface area contributed by atoms with E-state index in [0.717, 1.165) is 5.56 Å². The van der Waals surface area contributed by atoms with Gasteiger partial charge in [-0.1, -0.05) is 23.7 Å². The fourth-order valence-electron chi connectivity index (χ4n) is 1.43. The summed E-state index contributed by atoms with van der Waals surface area (Å²) in [7, 11) is 0. The zero-order valence-electron chi connectivity index (χ0n) is 10.5. The van der Waals surface area contributed by atoms with Gasteiger partial charge in [0.2, 0.25) is 0 Å². The smallest absolute Gasteiger partial charge is 0.272 e. The van der Waals surface area contributed by atoms with Crippen LogP contribution >= 0.6 is 11.6 Å². The Labute approximate surface area is 120 Å². The van der Waals surface area contributed by atoms with Crippen molar-refractivity contribution < 1.29 is 9.90 Å². The van der Waals surface area contributed by atoms with E-state index in [4.69, 9.17) is 16.7 Å². The number of pyridine rings is 1. The summed E-state index contributed by atoms with van der Waals surface area (Å²) in [6.45, 7) is -0.156. The first-order valence-electron chi connectivity index (χ1n) is 5.84. The summed E-state index contributed by atoms with van der Waals surface area (Å²) in [6, 6.07) is 10.2. The third-order valence-corrected chi connectivity index (χ3v) is 2.75. The molecule has 0 atom stereocenters. The Morgan fingerprint density at radius 1 is 1.30 bits per heavy atom. The van der Waals surface area contributed by atoms with Crippen molar-refractivity contribution in [2.45, 2.75) is 6.61 Å². The summed E-state index contributed by atoms with van der Waals surface area (Å²) in [5.74, 6) is -0.368.